The Kier molecular flexibility index (Phi) is 6.28. The molecule has 4 heteroatoms. The summed E-state index contributed by atoms with van der Waals surface area (Å²) in [6, 6.07) is 67.0. The Morgan fingerprint density at radius 2 is 0.868 bits per heavy atom. The number of hydrogen-bond donors (Lipinski definition) is 0. The molecule has 0 spiro atoms. The van der Waals surface area contributed by atoms with Crippen LogP contribution in [0.25, 0.3) is 93.6 Å². The predicted molar refractivity (Wildman–Crippen MR) is 220 cm³/mol. The van der Waals surface area contributed by atoms with Crippen LogP contribution in [0.15, 0.2) is 182 Å². The number of hydrogen-bond acceptors (Lipinski definition) is 1. The lowest BCUT2D eigenvalue weighted by Crippen LogP contribution is -1.98. The number of nitrogens with zero attached hydrogens (tertiary/aromatic N) is 4. The summed E-state index contributed by atoms with van der Waals surface area (Å²) in [5.41, 5.74) is 12.9. The van der Waals surface area contributed by atoms with Gasteiger partial charge in [-0.05, 0) is 66.2 Å². The van der Waals surface area contributed by atoms with Crippen molar-refractivity contribution in [1.82, 2.24) is 13.7 Å². The van der Waals surface area contributed by atoms with E-state index in [-0.39, 0.29) is 0 Å². The molecule has 246 valence electrons. The van der Waals surface area contributed by atoms with Crippen molar-refractivity contribution in [2.45, 2.75) is 0 Å². The smallest absolute Gasteiger partial charge is 0.0992 e. The number of rotatable bonds is 4. The van der Waals surface area contributed by atoms with Crippen molar-refractivity contribution in [3.05, 3.63) is 188 Å². The largest absolute Gasteiger partial charge is 0.309 e. The summed E-state index contributed by atoms with van der Waals surface area (Å²) in [5.74, 6) is 0. The molecule has 0 aliphatic carbocycles. The normalized spacial score (nSPS) is 11.8. The van der Waals surface area contributed by atoms with Crippen LogP contribution in [0.5, 0.6) is 0 Å². The number of fused-ring (bicyclic) bond motifs is 11. The molecule has 53 heavy (non-hydrogen) atoms. The minimum absolute atomic E-state index is 0.627. The Morgan fingerprint density at radius 3 is 1.45 bits per heavy atom. The molecule has 0 aliphatic heterocycles. The van der Waals surface area contributed by atoms with Crippen LogP contribution in [-0.2, 0) is 0 Å². The molecule has 0 saturated heterocycles. The second-order valence-corrected chi connectivity index (χ2v) is 13.6. The average molecular weight is 675 g/mol. The maximum Gasteiger partial charge on any atom is 0.0992 e. The predicted octanol–water partition coefficient (Wildman–Crippen LogP) is 12.5. The number of aromatic nitrogens is 3. The molecular weight excluding hydrogens is 645 g/mol. The molecule has 11 rings (SSSR count). The first-order valence-electron chi connectivity index (χ1n) is 17.9. The maximum atomic E-state index is 10.1. The average Bonchev–Trinajstić information content (AvgIpc) is 3.87. The minimum Gasteiger partial charge on any atom is -0.309 e. The summed E-state index contributed by atoms with van der Waals surface area (Å²) in [5, 5.41) is 17.3. The third-order valence-electron chi connectivity index (χ3n) is 10.8. The first-order chi connectivity index (χ1) is 26.3. The highest BCUT2D eigenvalue weighted by Crippen LogP contribution is 2.46. The van der Waals surface area contributed by atoms with Gasteiger partial charge in [-0.1, -0.05) is 121 Å². The highest BCUT2D eigenvalue weighted by molar-refractivity contribution is 6.31. The van der Waals surface area contributed by atoms with Crippen molar-refractivity contribution in [2.75, 3.05) is 0 Å². The highest BCUT2D eigenvalue weighted by Gasteiger charge is 2.25. The van der Waals surface area contributed by atoms with E-state index in [1.807, 2.05) is 18.2 Å². The van der Waals surface area contributed by atoms with Gasteiger partial charge >= 0.3 is 0 Å². The van der Waals surface area contributed by atoms with Gasteiger partial charge in [0.15, 0.2) is 0 Å². The van der Waals surface area contributed by atoms with E-state index in [1.165, 1.54) is 49.0 Å². The van der Waals surface area contributed by atoms with Crippen molar-refractivity contribution in [3.8, 4) is 34.3 Å². The Hall–Kier alpha value is -7.35. The summed E-state index contributed by atoms with van der Waals surface area (Å²) in [4.78, 5) is 0. The third kappa shape index (κ3) is 4.16. The molecule has 4 nitrogen and oxygen atoms in total. The fourth-order valence-electron chi connectivity index (χ4n) is 8.69. The van der Waals surface area contributed by atoms with E-state index in [0.717, 1.165) is 44.6 Å². The zero-order chi connectivity index (χ0) is 35.0. The summed E-state index contributed by atoms with van der Waals surface area (Å²) in [6.07, 6.45) is 0. The first kappa shape index (κ1) is 29.4. The lowest BCUT2D eigenvalue weighted by Gasteiger charge is -2.15. The lowest BCUT2D eigenvalue weighted by atomic mass is 10.0. The highest BCUT2D eigenvalue weighted by atomic mass is 15.0. The third-order valence-corrected chi connectivity index (χ3v) is 10.8. The van der Waals surface area contributed by atoms with Gasteiger partial charge in [-0.25, -0.2) is 0 Å². The summed E-state index contributed by atoms with van der Waals surface area (Å²) in [7, 11) is 0. The minimum atomic E-state index is 0.627. The summed E-state index contributed by atoms with van der Waals surface area (Å²) >= 11 is 0. The van der Waals surface area contributed by atoms with E-state index in [9.17, 15) is 5.26 Å². The lowest BCUT2D eigenvalue weighted by molar-refractivity contribution is 1.17. The SMILES string of the molecule is N#Cc1ccc(-c2ccccc2)c(-n2c3ccccc3c3c2ccc2c4ccc5c(c6ccccc6n5-c5ccccc5)c4n(-c4ccccc4)c23)c1. The quantitative estimate of drug-likeness (QED) is 0.183. The molecule has 0 unspecified atom stereocenters. The van der Waals surface area contributed by atoms with Crippen molar-refractivity contribution in [3.63, 3.8) is 0 Å². The Labute approximate surface area is 305 Å². The van der Waals surface area contributed by atoms with Gasteiger partial charge < -0.3 is 13.7 Å². The molecule has 0 saturated carbocycles. The van der Waals surface area contributed by atoms with Crippen LogP contribution in [0, 0.1) is 11.3 Å². The maximum absolute atomic E-state index is 10.1. The van der Waals surface area contributed by atoms with Crippen LogP contribution in [-0.4, -0.2) is 13.7 Å². The molecule has 0 aliphatic rings. The van der Waals surface area contributed by atoms with Crippen LogP contribution >= 0.6 is 0 Å². The molecule has 0 N–H and O–H groups in total. The number of benzene rings is 8. The van der Waals surface area contributed by atoms with E-state index in [1.54, 1.807) is 0 Å². The Morgan fingerprint density at radius 1 is 0.377 bits per heavy atom. The van der Waals surface area contributed by atoms with Crippen LogP contribution in [0.3, 0.4) is 0 Å². The summed E-state index contributed by atoms with van der Waals surface area (Å²) in [6.45, 7) is 0. The molecule has 11 aromatic rings. The van der Waals surface area contributed by atoms with Gasteiger partial charge in [0, 0.05) is 49.3 Å². The van der Waals surface area contributed by atoms with Crippen molar-refractivity contribution >= 4 is 65.4 Å². The second kappa shape index (κ2) is 11.3. The molecule has 8 aromatic carbocycles. The zero-order valence-corrected chi connectivity index (χ0v) is 28.6. The van der Waals surface area contributed by atoms with E-state index in [4.69, 9.17) is 0 Å². The van der Waals surface area contributed by atoms with E-state index >= 15 is 0 Å². The molecule has 0 bridgehead atoms. The van der Waals surface area contributed by atoms with E-state index in [2.05, 4.69) is 184 Å². The van der Waals surface area contributed by atoms with Crippen LogP contribution in [0.4, 0.5) is 0 Å². The number of nitriles is 1. The zero-order valence-electron chi connectivity index (χ0n) is 28.6. The van der Waals surface area contributed by atoms with Crippen molar-refractivity contribution in [1.29, 1.82) is 5.26 Å². The second-order valence-electron chi connectivity index (χ2n) is 13.6. The molecular formula is C49H30N4. The van der Waals surface area contributed by atoms with E-state index in [0.29, 0.717) is 5.56 Å². The molecule has 3 heterocycles. The standard InChI is InChI=1S/C49H30N4/c50-31-32-24-25-36(33-14-4-1-5-15-33)45(30-32)53-42-23-13-11-21-40(42)47-44(53)29-27-38-37-26-28-43-46(48(37)52(49(38)47)35-18-8-3-9-19-35)39-20-10-12-22-41(39)51(43)34-16-6-2-7-17-34/h1-30H. The van der Waals surface area contributed by atoms with Gasteiger partial charge in [0.25, 0.3) is 0 Å². The Balaban J connectivity index is 1.36. The van der Waals surface area contributed by atoms with Gasteiger partial charge in [-0.15, -0.1) is 0 Å². The fourth-order valence-corrected chi connectivity index (χ4v) is 8.69. The monoisotopic (exact) mass is 674 g/mol. The van der Waals surface area contributed by atoms with Gasteiger partial charge in [-0.3, -0.25) is 0 Å². The fraction of sp³-hybridized carbons (Fsp3) is 0. The van der Waals surface area contributed by atoms with Gasteiger partial charge in [-0.2, -0.15) is 5.26 Å². The molecule has 3 aromatic heterocycles. The van der Waals surface area contributed by atoms with Crippen LogP contribution in [0.2, 0.25) is 0 Å². The first-order valence-corrected chi connectivity index (χ1v) is 17.9. The summed E-state index contributed by atoms with van der Waals surface area (Å²) < 4.78 is 7.25. The molecule has 0 atom stereocenters. The van der Waals surface area contributed by atoms with Crippen molar-refractivity contribution in [2.24, 2.45) is 0 Å². The van der Waals surface area contributed by atoms with E-state index < -0.39 is 0 Å². The van der Waals surface area contributed by atoms with Gasteiger partial charge in [0.1, 0.15) is 0 Å². The number of para-hydroxylation sites is 4. The van der Waals surface area contributed by atoms with Crippen LogP contribution < -0.4 is 0 Å². The molecule has 0 radical (unpaired) electrons. The molecule has 0 fully saturated rings. The topological polar surface area (TPSA) is 38.6 Å². The molecule has 0 amide bonds. The van der Waals surface area contributed by atoms with Crippen molar-refractivity contribution < 1.29 is 0 Å². The van der Waals surface area contributed by atoms with Gasteiger partial charge in [0.05, 0.1) is 50.4 Å². The Bertz CT molecular complexity index is 3270. The van der Waals surface area contributed by atoms with Gasteiger partial charge in [0.2, 0.25) is 0 Å². The van der Waals surface area contributed by atoms with Crippen LogP contribution in [0.1, 0.15) is 5.56 Å².